The number of fused-ring (bicyclic) bond motifs is 2. The molecule has 2 fully saturated rings. The fraction of sp³-hybridized carbons (Fsp3) is 0.600. The normalized spacial score (nSPS) is 26.7. The average molecular weight is 395 g/mol. The summed E-state index contributed by atoms with van der Waals surface area (Å²) < 4.78 is 0. The van der Waals surface area contributed by atoms with Gasteiger partial charge in [-0.25, -0.2) is 4.79 Å². The third kappa shape index (κ3) is 5.59. The quantitative estimate of drug-likeness (QED) is 0.626. The predicted octanol–water partition coefficient (Wildman–Crippen LogP) is 3.73. The van der Waals surface area contributed by atoms with Crippen LogP contribution in [0.2, 0.25) is 0 Å². The van der Waals surface area contributed by atoms with Gasteiger partial charge in [0.05, 0.1) is 0 Å². The fourth-order valence-corrected chi connectivity index (χ4v) is 4.31. The topological polar surface area (TPSA) is 96.2 Å². The Morgan fingerprint density at radius 2 is 1.52 bits per heavy atom. The Morgan fingerprint density at radius 3 is 2.04 bits per heavy atom. The van der Waals surface area contributed by atoms with Crippen LogP contribution in [0.5, 0.6) is 0 Å². The molecule has 0 aromatic heterocycles. The maximum absolute atomic E-state index is 12.7. The highest BCUT2D eigenvalue weighted by Crippen LogP contribution is 2.42. The molecule has 27 heavy (non-hydrogen) atoms. The number of rotatable bonds is 4. The number of nitrogens with one attached hydrogen (secondary N) is 3. The molecule has 2 aliphatic carbocycles. The Bertz CT molecular complexity index is 636. The van der Waals surface area contributed by atoms with Crippen LogP contribution in [0.15, 0.2) is 24.3 Å². The van der Waals surface area contributed by atoms with E-state index < -0.39 is 0 Å². The number of carbonyl (C=O) groups is 2. The fourth-order valence-electron chi connectivity index (χ4n) is 4.31. The summed E-state index contributed by atoms with van der Waals surface area (Å²) in [5, 5.41) is 8.57. The number of carbonyl (C=O) groups excluding carboxylic acids is 2. The number of anilines is 2. The standard InChI is InChI=1S/C20H30N4O2.ClH/c1-12(2)22-20(26)24-17-8-6-16(7-9-17)23-19(25)15-10-13-4-3-5-14(11-15)18(13)21;/h6-9,12-15,18H,3-5,10-11,21H2,1-2H3,(H,23,25)(H2,22,24,26);1H. The monoisotopic (exact) mass is 394 g/mol. The molecule has 2 unspecified atom stereocenters. The van der Waals surface area contributed by atoms with Gasteiger partial charge in [0.25, 0.3) is 0 Å². The molecule has 0 spiro atoms. The maximum atomic E-state index is 12.7. The Balaban J connectivity index is 0.00000261. The number of halogens is 1. The first kappa shape index (κ1) is 21.5. The molecular weight excluding hydrogens is 364 g/mol. The lowest BCUT2D eigenvalue weighted by molar-refractivity contribution is -0.122. The van der Waals surface area contributed by atoms with Gasteiger partial charge >= 0.3 is 6.03 Å². The van der Waals surface area contributed by atoms with Crippen molar-refractivity contribution in [1.82, 2.24) is 5.32 Å². The molecule has 6 nitrogen and oxygen atoms in total. The van der Waals surface area contributed by atoms with Gasteiger partial charge < -0.3 is 21.7 Å². The van der Waals surface area contributed by atoms with Crippen LogP contribution in [0.25, 0.3) is 0 Å². The predicted molar refractivity (Wildman–Crippen MR) is 111 cm³/mol. The Labute approximate surface area is 167 Å². The lowest BCUT2D eigenvalue weighted by atomic mass is 9.65. The smallest absolute Gasteiger partial charge is 0.319 e. The first-order valence-corrected chi connectivity index (χ1v) is 9.66. The van der Waals surface area contributed by atoms with Gasteiger partial charge in [-0.1, -0.05) is 6.42 Å². The Kier molecular flexibility index (Phi) is 7.50. The summed E-state index contributed by atoms with van der Waals surface area (Å²) in [6.45, 7) is 3.81. The van der Waals surface area contributed by atoms with Gasteiger partial charge in [0.15, 0.2) is 0 Å². The van der Waals surface area contributed by atoms with Crippen LogP contribution in [-0.2, 0) is 4.79 Å². The molecule has 0 radical (unpaired) electrons. The molecule has 0 aliphatic heterocycles. The molecule has 0 heterocycles. The Hall–Kier alpha value is -1.79. The second kappa shape index (κ2) is 9.42. The lowest BCUT2D eigenvalue weighted by Crippen LogP contribution is -2.48. The molecule has 1 aromatic rings. The Morgan fingerprint density at radius 1 is 1.00 bits per heavy atom. The van der Waals surface area contributed by atoms with Crippen molar-refractivity contribution >= 4 is 35.7 Å². The molecular formula is C20H31ClN4O2. The van der Waals surface area contributed by atoms with Crippen molar-refractivity contribution < 1.29 is 9.59 Å². The molecule has 2 bridgehead atoms. The molecule has 3 rings (SSSR count). The summed E-state index contributed by atoms with van der Waals surface area (Å²) >= 11 is 0. The highest BCUT2D eigenvalue weighted by atomic mass is 35.5. The van der Waals surface area contributed by atoms with E-state index in [-0.39, 0.29) is 42.3 Å². The van der Waals surface area contributed by atoms with Crippen LogP contribution in [0.3, 0.4) is 0 Å². The van der Waals surface area contributed by atoms with Crippen LogP contribution < -0.4 is 21.7 Å². The highest BCUT2D eigenvalue weighted by molar-refractivity contribution is 5.93. The summed E-state index contributed by atoms with van der Waals surface area (Å²) in [6, 6.07) is 7.34. The van der Waals surface area contributed by atoms with Crippen molar-refractivity contribution in [2.45, 2.75) is 58.0 Å². The van der Waals surface area contributed by atoms with Crippen molar-refractivity contribution in [3.8, 4) is 0 Å². The lowest BCUT2D eigenvalue weighted by Gasteiger charge is -2.43. The zero-order valence-corrected chi connectivity index (χ0v) is 16.9. The number of hydrogen-bond acceptors (Lipinski definition) is 3. The third-order valence-electron chi connectivity index (χ3n) is 5.61. The van der Waals surface area contributed by atoms with E-state index in [1.54, 1.807) is 12.1 Å². The number of urea groups is 1. The van der Waals surface area contributed by atoms with Gasteiger partial charge in [0.2, 0.25) is 5.91 Å². The molecule has 3 amide bonds. The van der Waals surface area contributed by atoms with Gasteiger partial charge in [0, 0.05) is 29.4 Å². The van der Waals surface area contributed by atoms with Crippen LogP contribution >= 0.6 is 12.4 Å². The van der Waals surface area contributed by atoms with Gasteiger partial charge in [-0.2, -0.15) is 0 Å². The maximum Gasteiger partial charge on any atom is 0.319 e. The number of amides is 3. The minimum absolute atomic E-state index is 0. The van der Waals surface area contributed by atoms with Crippen LogP contribution in [0, 0.1) is 17.8 Å². The van der Waals surface area contributed by atoms with Crippen LogP contribution in [-0.4, -0.2) is 24.0 Å². The van der Waals surface area contributed by atoms with Crippen molar-refractivity contribution in [3.63, 3.8) is 0 Å². The third-order valence-corrected chi connectivity index (χ3v) is 5.61. The van der Waals surface area contributed by atoms with E-state index in [1.807, 2.05) is 26.0 Å². The molecule has 2 atom stereocenters. The highest BCUT2D eigenvalue weighted by Gasteiger charge is 2.40. The second-order valence-electron chi connectivity index (χ2n) is 8.02. The number of benzene rings is 1. The van der Waals surface area contributed by atoms with Crippen molar-refractivity contribution in [2.24, 2.45) is 23.5 Å². The van der Waals surface area contributed by atoms with E-state index >= 15 is 0 Å². The minimum atomic E-state index is -0.234. The van der Waals surface area contributed by atoms with E-state index in [2.05, 4.69) is 16.0 Å². The number of hydrogen-bond donors (Lipinski definition) is 4. The molecule has 2 saturated carbocycles. The van der Waals surface area contributed by atoms with E-state index in [0.29, 0.717) is 17.5 Å². The molecule has 2 aliphatic rings. The van der Waals surface area contributed by atoms with Gasteiger partial charge in [-0.05, 0) is 75.6 Å². The molecule has 150 valence electrons. The summed E-state index contributed by atoms with van der Waals surface area (Å²) in [5.41, 5.74) is 7.76. The number of nitrogens with two attached hydrogens (primary N) is 1. The SMILES string of the molecule is CC(C)NC(=O)Nc1ccc(NC(=O)C2CC3CCCC(C2)C3N)cc1.Cl. The zero-order valence-electron chi connectivity index (χ0n) is 16.0. The average Bonchev–Trinajstić information content (AvgIpc) is 2.55. The van der Waals surface area contributed by atoms with Crippen LogP contribution in [0.4, 0.5) is 16.2 Å². The van der Waals surface area contributed by atoms with Gasteiger partial charge in [-0.3, -0.25) is 4.79 Å². The summed E-state index contributed by atoms with van der Waals surface area (Å²) in [6.07, 6.45) is 5.35. The van der Waals surface area contributed by atoms with Gasteiger partial charge in [-0.15, -0.1) is 12.4 Å². The van der Waals surface area contributed by atoms with Crippen molar-refractivity contribution in [3.05, 3.63) is 24.3 Å². The summed E-state index contributed by atoms with van der Waals surface area (Å²) in [7, 11) is 0. The first-order chi connectivity index (χ1) is 12.4. The minimum Gasteiger partial charge on any atom is -0.336 e. The van der Waals surface area contributed by atoms with Crippen molar-refractivity contribution in [2.75, 3.05) is 10.6 Å². The van der Waals surface area contributed by atoms with Crippen LogP contribution in [0.1, 0.15) is 46.0 Å². The molecule has 5 N–H and O–H groups in total. The summed E-state index contributed by atoms with van der Waals surface area (Å²) in [4.78, 5) is 24.4. The van der Waals surface area contributed by atoms with E-state index in [9.17, 15) is 9.59 Å². The largest absolute Gasteiger partial charge is 0.336 e. The molecule has 7 heteroatoms. The first-order valence-electron chi connectivity index (χ1n) is 9.66. The van der Waals surface area contributed by atoms with E-state index in [0.717, 1.165) is 31.4 Å². The zero-order chi connectivity index (χ0) is 18.7. The van der Waals surface area contributed by atoms with Gasteiger partial charge in [0.1, 0.15) is 0 Å². The molecule has 0 saturated heterocycles. The summed E-state index contributed by atoms with van der Waals surface area (Å²) in [5.74, 6) is 1.13. The van der Waals surface area contributed by atoms with Crippen molar-refractivity contribution in [1.29, 1.82) is 0 Å². The van der Waals surface area contributed by atoms with E-state index in [1.165, 1.54) is 6.42 Å². The second-order valence-corrected chi connectivity index (χ2v) is 8.02. The molecule has 1 aromatic carbocycles. The van der Waals surface area contributed by atoms with E-state index in [4.69, 9.17) is 5.73 Å².